The SMILES string of the molecule is CCCc1ccccc1OC(C)OC. The Hall–Kier alpha value is -1.02. The Bertz CT molecular complexity index is 271. The third-order valence-corrected chi connectivity index (χ3v) is 2.12. The maximum absolute atomic E-state index is 5.62. The summed E-state index contributed by atoms with van der Waals surface area (Å²) >= 11 is 0. The number of benzene rings is 1. The van der Waals surface area contributed by atoms with Crippen molar-refractivity contribution in [2.75, 3.05) is 7.11 Å². The fourth-order valence-corrected chi connectivity index (χ4v) is 1.32. The smallest absolute Gasteiger partial charge is 0.196 e. The van der Waals surface area contributed by atoms with Gasteiger partial charge in [0.05, 0.1) is 0 Å². The first-order chi connectivity index (χ1) is 6.77. The largest absolute Gasteiger partial charge is 0.465 e. The first-order valence-corrected chi connectivity index (χ1v) is 5.05. The average molecular weight is 194 g/mol. The minimum Gasteiger partial charge on any atom is -0.465 e. The van der Waals surface area contributed by atoms with Gasteiger partial charge in [-0.2, -0.15) is 0 Å². The summed E-state index contributed by atoms with van der Waals surface area (Å²) in [4.78, 5) is 0. The Balaban J connectivity index is 2.73. The molecule has 1 rings (SSSR count). The highest BCUT2D eigenvalue weighted by Crippen LogP contribution is 2.20. The first-order valence-electron chi connectivity index (χ1n) is 5.05. The summed E-state index contributed by atoms with van der Waals surface area (Å²) in [7, 11) is 1.65. The molecule has 2 heteroatoms. The summed E-state index contributed by atoms with van der Waals surface area (Å²) in [5, 5.41) is 0. The minimum absolute atomic E-state index is 0.187. The molecular formula is C12H18O2. The zero-order valence-electron chi connectivity index (χ0n) is 9.12. The van der Waals surface area contributed by atoms with Crippen LogP contribution in [0, 0.1) is 0 Å². The van der Waals surface area contributed by atoms with Crippen LogP contribution in [0.5, 0.6) is 5.75 Å². The lowest BCUT2D eigenvalue weighted by Gasteiger charge is -2.15. The fraction of sp³-hybridized carbons (Fsp3) is 0.500. The van der Waals surface area contributed by atoms with Crippen LogP contribution in [0.2, 0.25) is 0 Å². The predicted molar refractivity (Wildman–Crippen MR) is 57.5 cm³/mol. The molecule has 1 unspecified atom stereocenters. The Morgan fingerprint density at radius 1 is 1.29 bits per heavy atom. The summed E-state index contributed by atoms with van der Waals surface area (Å²) in [5.74, 6) is 0.934. The number of methoxy groups -OCH3 is 1. The van der Waals surface area contributed by atoms with Crippen molar-refractivity contribution in [2.45, 2.75) is 33.0 Å². The molecule has 0 amide bonds. The van der Waals surface area contributed by atoms with Crippen molar-refractivity contribution in [3.05, 3.63) is 29.8 Å². The number of rotatable bonds is 5. The second-order valence-electron chi connectivity index (χ2n) is 3.28. The Morgan fingerprint density at radius 3 is 2.64 bits per heavy atom. The lowest BCUT2D eigenvalue weighted by Crippen LogP contribution is -2.14. The summed E-state index contributed by atoms with van der Waals surface area (Å²) < 4.78 is 10.7. The molecule has 1 aromatic rings. The monoisotopic (exact) mass is 194 g/mol. The molecule has 0 aliphatic rings. The van der Waals surface area contributed by atoms with E-state index in [1.165, 1.54) is 5.56 Å². The van der Waals surface area contributed by atoms with E-state index in [0.29, 0.717) is 0 Å². The van der Waals surface area contributed by atoms with Gasteiger partial charge >= 0.3 is 0 Å². The van der Waals surface area contributed by atoms with Crippen molar-refractivity contribution in [3.63, 3.8) is 0 Å². The van der Waals surface area contributed by atoms with Gasteiger partial charge < -0.3 is 9.47 Å². The Labute approximate surface area is 85.8 Å². The zero-order valence-corrected chi connectivity index (χ0v) is 9.12. The zero-order chi connectivity index (χ0) is 10.4. The van der Waals surface area contributed by atoms with Crippen LogP contribution in [-0.4, -0.2) is 13.4 Å². The average Bonchev–Trinajstić information content (AvgIpc) is 2.21. The van der Waals surface area contributed by atoms with Gasteiger partial charge in [-0.1, -0.05) is 31.5 Å². The van der Waals surface area contributed by atoms with Gasteiger partial charge in [-0.05, 0) is 25.0 Å². The van der Waals surface area contributed by atoms with E-state index >= 15 is 0 Å². The van der Waals surface area contributed by atoms with E-state index < -0.39 is 0 Å². The first kappa shape index (κ1) is 11.1. The van der Waals surface area contributed by atoms with Gasteiger partial charge in [0.1, 0.15) is 5.75 Å². The molecule has 0 aliphatic heterocycles. The van der Waals surface area contributed by atoms with Crippen molar-refractivity contribution in [2.24, 2.45) is 0 Å². The maximum atomic E-state index is 5.62. The van der Waals surface area contributed by atoms with Gasteiger partial charge in [-0.15, -0.1) is 0 Å². The topological polar surface area (TPSA) is 18.5 Å². The second kappa shape index (κ2) is 5.66. The Morgan fingerprint density at radius 2 is 2.00 bits per heavy atom. The van der Waals surface area contributed by atoms with Crippen LogP contribution in [-0.2, 0) is 11.2 Å². The number of hydrogen-bond acceptors (Lipinski definition) is 2. The van der Waals surface area contributed by atoms with Crippen molar-refractivity contribution in [1.29, 1.82) is 0 Å². The molecule has 0 radical (unpaired) electrons. The molecule has 0 spiro atoms. The fourth-order valence-electron chi connectivity index (χ4n) is 1.32. The van der Waals surface area contributed by atoms with Gasteiger partial charge in [0.2, 0.25) is 0 Å². The molecule has 0 fully saturated rings. The summed E-state index contributed by atoms with van der Waals surface area (Å²) in [6.07, 6.45) is 1.99. The summed E-state index contributed by atoms with van der Waals surface area (Å²) in [6.45, 7) is 4.05. The second-order valence-corrected chi connectivity index (χ2v) is 3.28. The third kappa shape index (κ3) is 3.04. The predicted octanol–water partition coefficient (Wildman–Crippen LogP) is 3.01. The third-order valence-electron chi connectivity index (χ3n) is 2.12. The summed E-state index contributed by atoms with van der Waals surface area (Å²) in [5.41, 5.74) is 1.25. The van der Waals surface area contributed by atoms with E-state index in [1.54, 1.807) is 7.11 Å². The number of ether oxygens (including phenoxy) is 2. The molecule has 0 saturated heterocycles. The molecular weight excluding hydrogens is 176 g/mol. The van der Waals surface area contributed by atoms with E-state index in [0.717, 1.165) is 18.6 Å². The van der Waals surface area contributed by atoms with Crippen LogP contribution in [0.3, 0.4) is 0 Å². The molecule has 14 heavy (non-hydrogen) atoms. The van der Waals surface area contributed by atoms with E-state index in [9.17, 15) is 0 Å². The number of para-hydroxylation sites is 1. The molecule has 1 aromatic carbocycles. The van der Waals surface area contributed by atoms with Crippen molar-refractivity contribution in [3.8, 4) is 5.75 Å². The molecule has 0 aromatic heterocycles. The lowest BCUT2D eigenvalue weighted by atomic mass is 10.1. The van der Waals surface area contributed by atoms with E-state index in [1.807, 2.05) is 25.1 Å². The molecule has 0 heterocycles. The molecule has 78 valence electrons. The van der Waals surface area contributed by atoms with Gasteiger partial charge in [0.15, 0.2) is 6.29 Å². The summed E-state index contributed by atoms with van der Waals surface area (Å²) in [6, 6.07) is 8.11. The molecule has 0 bridgehead atoms. The standard InChI is InChI=1S/C12H18O2/c1-4-7-11-8-5-6-9-12(11)14-10(2)13-3/h5-6,8-10H,4,7H2,1-3H3. The van der Waals surface area contributed by atoms with E-state index in [4.69, 9.17) is 9.47 Å². The van der Waals surface area contributed by atoms with Crippen molar-refractivity contribution < 1.29 is 9.47 Å². The highest BCUT2D eigenvalue weighted by Gasteiger charge is 2.05. The number of hydrogen-bond donors (Lipinski definition) is 0. The molecule has 2 nitrogen and oxygen atoms in total. The van der Waals surface area contributed by atoms with Gasteiger partial charge in [0, 0.05) is 7.11 Å². The lowest BCUT2D eigenvalue weighted by molar-refractivity contribution is -0.0388. The maximum Gasteiger partial charge on any atom is 0.196 e. The highest BCUT2D eigenvalue weighted by molar-refractivity contribution is 5.33. The van der Waals surface area contributed by atoms with Crippen LogP contribution in [0.25, 0.3) is 0 Å². The van der Waals surface area contributed by atoms with Gasteiger partial charge in [-0.3, -0.25) is 0 Å². The van der Waals surface area contributed by atoms with Gasteiger partial charge in [0.25, 0.3) is 0 Å². The van der Waals surface area contributed by atoms with Crippen LogP contribution in [0.1, 0.15) is 25.8 Å². The van der Waals surface area contributed by atoms with Crippen molar-refractivity contribution in [1.82, 2.24) is 0 Å². The van der Waals surface area contributed by atoms with E-state index in [2.05, 4.69) is 13.0 Å². The quantitative estimate of drug-likeness (QED) is 0.671. The molecule has 0 aliphatic carbocycles. The van der Waals surface area contributed by atoms with E-state index in [-0.39, 0.29) is 6.29 Å². The van der Waals surface area contributed by atoms with Crippen LogP contribution in [0.4, 0.5) is 0 Å². The van der Waals surface area contributed by atoms with Crippen molar-refractivity contribution >= 4 is 0 Å². The van der Waals surface area contributed by atoms with Crippen LogP contribution in [0.15, 0.2) is 24.3 Å². The van der Waals surface area contributed by atoms with Gasteiger partial charge in [-0.25, -0.2) is 0 Å². The molecule has 0 N–H and O–H groups in total. The minimum atomic E-state index is -0.187. The highest BCUT2D eigenvalue weighted by atomic mass is 16.7. The van der Waals surface area contributed by atoms with Crippen LogP contribution < -0.4 is 4.74 Å². The molecule has 1 atom stereocenters. The Kier molecular flexibility index (Phi) is 4.47. The number of aryl methyl sites for hydroxylation is 1. The molecule has 0 saturated carbocycles. The van der Waals surface area contributed by atoms with Crippen LogP contribution >= 0.6 is 0 Å². The normalized spacial score (nSPS) is 12.5.